The molecule has 3 aromatic rings. The number of halogens is 3. The molecule has 0 atom stereocenters. The van der Waals surface area contributed by atoms with Gasteiger partial charge in [0.05, 0.1) is 5.56 Å². The number of rotatable bonds is 11. The molecule has 0 amide bonds. The second-order valence-electron chi connectivity index (χ2n) is 7.81. The molecule has 0 aliphatic carbocycles. The summed E-state index contributed by atoms with van der Waals surface area (Å²) in [4.78, 5) is 13.0. The number of carbonyl (C=O) groups is 1. The third-order valence-electron chi connectivity index (χ3n) is 5.22. The average molecular weight is 495 g/mol. The Morgan fingerprint density at radius 1 is 0.941 bits per heavy atom. The van der Waals surface area contributed by atoms with Crippen molar-refractivity contribution in [3.8, 4) is 11.5 Å². The normalized spacial score (nSPS) is 12.0. The number of fused-ring (bicyclic) bond motifs is 1. The van der Waals surface area contributed by atoms with Gasteiger partial charge >= 0.3 is 15.6 Å². The quantitative estimate of drug-likeness (QED) is 0.127. The molecule has 0 bridgehead atoms. The van der Waals surface area contributed by atoms with Crippen molar-refractivity contribution >= 4 is 26.7 Å². The maximum absolute atomic E-state index is 13.0. The fraction of sp³-hybridized carbons (Fsp3) is 0.320. The Labute approximate surface area is 196 Å². The molecule has 0 heterocycles. The van der Waals surface area contributed by atoms with E-state index in [1.165, 1.54) is 12.1 Å². The van der Waals surface area contributed by atoms with Gasteiger partial charge in [0.2, 0.25) is 0 Å². The molecule has 0 saturated heterocycles. The van der Waals surface area contributed by atoms with Crippen molar-refractivity contribution in [2.24, 2.45) is 0 Å². The van der Waals surface area contributed by atoms with E-state index in [1.54, 1.807) is 12.1 Å². The Morgan fingerprint density at radius 3 is 2.35 bits per heavy atom. The van der Waals surface area contributed by atoms with Crippen LogP contribution < -0.4 is 8.92 Å². The standard InChI is InChI=1S/C25H25F3O5S/c1-2-3-4-8-11-22(29)24-21-14-13-20(32-17-18-9-6-5-7-10-18)16-19(21)12-15-23(24)33-34(30,31)25(26,27)28/h5-7,9-10,12-16H,2-4,8,11,17H2,1H3. The molecule has 0 N–H and O–H groups in total. The first-order valence-corrected chi connectivity index (χ1v) is 12.3. The van der Waals surface area contributed by atoms with E-state index in [1.807, 2.05) is 37.3 Å². The lowest BCUT2D eigenvalue weighted by molar-refractivity contribution is -0.0500. The van der Waals surface area contributed by atoms with Crippen LogP contribution >= 0.6 is 0 Å². The molecule has 3 rings (SSSR count). The molecule has 0 unspecified atom stereocenters. The maximum atomic E-state index is 13.0. The molecule has 0 aliphatic rings. The van der Waals surface area contributed by atoms with Crippen LogP contribution in [0.25, 0.3) is 10.8 Å². The first kappa shape index (κ1) is 25.6. The second kappa shape index (κ2) is 10.9. The summed E-state index contributed by atoms with van der Waals surface area (Å²) >= 11 is 0. The predicted octanol–water partition coefficient (Wildman–Crippen LogP) is 6.80. The Morgan fingerprint density at radius 2 is 1.68 bits per heavy atom. The smallest absolute Gasteiger partial charge is 0.489 e. The van der Waals surface area contributed by atoms with Crippen molar-refractivity contribution in [2.45, 2.75) is 51.1 Å². The number of ketones is 1. The zero-order chi connectivity index (χ0) is 24.8. The van der Waals surface area contributed by atoms with Crippen LogP contribution in [0.4, 0.5) is 13.2 Å². The molecule has 0 saturated carbocycles. The number of ether oxygens (including phenoxy) is 1. The Hall–Kier alpha value is -3.07. The van der Waals surface area contributed by atoms with Gasteiger partial charge in [-0.15, -0.1) is 0 Å². The lowest BCUT2D eigenvalue weighted by Crippen LogP contribution is -2.28. The molecule has 182 valence electrons. The van der Waals surface area contributed by atoms with Crippen molar-refractivity contribution in [1.29, 1.82) is 0 Å². The fourth-order valence-electron chi connectivity index (χ4n) is 3.48. The highest BCUT2D eigenvalue weighted by Crippen LogP contribution is 2.35. The lowest BCUT2D eigenvalue weighted by atomic mass is 9.97. The Bertz CT molecular complexity index is 1240. The minimum absolute atomic E-state index is 0.0633. The molecule has 0 aromatic heterocycles. The summed E-state index contributed by atoms with van der Waals surface area (Å²) < 4.78 is 72.2. The first-order valence-electron chi connectivity index (χ1n) is 10.9. The highest BCUT2D eigenvalue weighted by Gasteiger charge is 2.49. The fourth-order valence-corrected chi connectivity index (χ4v) is 3.95. The molecule has 34 heavy (non-hydrogen) atoms. The predicted molar refractivity (Wildman–Crippen MR) is 123 cm³/mol. The zero-order valence-corrected chi connectivity index (χ0v) is 19.4. The number of benzene rings is 3. The molecule has 0 aliphatic heterocycles. The number of carbonyl (C=O) groups excluding carboxylic acids is 1. The zero-order valence-electron chi connectivity index (χ0n) is 18.6. The van der Waals surface area contributed by atoms with E-state index in [4.69, 9.17) is 4.74 Å². The highest BCUT2D eigenvalue weighted by atomic mass is 32.2. The van der Waals surface area contributed by atoms with E-state index < -0.39 is 27.2 Å². The monoisotopic (exact) mass is 494 g/mol. The van der Waals surface area contributed by atoms with Gasteiger partial charge in [0.15, 0.2) is 11.5 Å². The minimum Gasteiger partial charge on any atom is -0.489 e. The summed E-state index contributed by atoms with van der Waals surface area (Å²) in [5.74, 6) is -0.621. The average Bonchev–Trinajstić information content (AvgIpc) is 2.80. The summed E-state index contributed by atoms with van der Waals surface area (Å²) in [6.07, 6.45) is 3.24. The summed E-state index contributed by atoms with van der Waals surface area (Å²) in [6, 6.07) is 16.7. The largest absolute Gasteiger partial charge is 0.534 e. The van der Waals surface area contributed by atoms with Crippen LogP contribution in [0.3, 0.4) is 0 Å². The van der Waals surface area contributed by atoms with Crippen molar-refractivity contribution in [1.82, 2.24) is 0 Å². The van der Waals surface area contributed by atoms with Crippen molar-refractivity contribution in [2.75, 3.05) is 0 Å². The Balaban J connectivity index is 1.95. The van der Waals surface area contributed by atoms with E-state index in [0.717, 1.165) is 30.9 Å². The van der Waals surface area contributed by atoms with Crippen LogP contribution in [0.2, 0.25) is 0 Å². The highest BCUT2D eigenvalue weighted by molar-refractivity contribution is 7.88. The van der Waals surface area contributed by atoms with Crippen LogP contribution in [0.15, 0.2) is 60.7 Å². The van der Waals surface area contributed by atoms with Crippen molar-refractivity contribution in [3.63, 3.8) is 0 Å². The van der Waals surface area contributed by atoms with Crippen molar-refractivity contribution < 1.29 is 35.3 Å². The number of alkyl halides is 3. The van der Waals surface area contributed by atoms with Gasteiger partial charge in [-0.3, -0.25) is 4.79 Å². The van der Waals surface area contributed by atoms with E-state index in [0.29, 0.717) is 29.5 Å². The van der Waals surface area contributed by atoms with Gasteiger partial charge in [-0.1, -0.05) is 62.6 Å². The van der Waals surface area contributed by atoms with Gasteiger partial charge in [-0.05, 0) is 47.0 Å². The van der Waals surface area contributed by atoms with Crippen LogP contribution in [-0.4, -0.2) is 19.7 Å². The van der Waals surface area contributed by atoms with Gasteiger partial charge < -0.3 is 8.92 Å². The van der Waals surface area contributed by atoms with Crippen LogP contribution in [-0.2, 0) is 16.7 Å². The second-order valence-corrected chi connectivity index (χ2v) is 9.35. The van der Waals surface area contributed by atoms with Gasteiger partial charge in [-0.25, -0.2) is 0 Å². The molecule has 0 spiro atoms. The summed E-state index contributed by atoms with van der Waals surface area (Å²) in [6.45, 7) is 2.32. The van der Waals surface area contributed by atoms with Gasteiger partial charge in [-0.2, -0.15) is 21.6 Å². The molecular formula is C25H25F3O5S. The summed E-state index contributed by atoms with van der Waals surface area (Å²) in [5, 5.41) is 0.807. The third kappa shape index (κ3) is 6.28. The number of hydrogen-bond acceptors (Lipinski definition) is 5. The van der Waals surface area contributed by atoms with Crippen LogP contribution in [0.1, 0.15) is 54.9 Å². The van der Waals surface area contributed by atoms with E-state index >= 15 is 0 Å². The molecule has 9 heteroatoms. The lowest BCUT2D eigenvalue weighted by Gasteiger charge is -2.15. The summed E-state index contributed by atoms with van der Waals surface area (Å²) in [5.41, 5.74) is -4.85. The van der Waals surface area contributed by atoms with Crippen LogP contribution in [0.5, 0.6) is 11.5 Å². The number of hydrogen-bond donors (Lipinski definition) is 0. The van der Waals surface area contributed by atoms with Gasteiger partial charge in [0, 0.05) is 6.42 Å². The SMILES string of the molecule is CCCCCCC(=O)c1c(OS(=O)(=O)C(F)(F)F)ccc2cc(OCc3ccccc3)ccc12. The van der Waals surface area contributed by atoms with E-state index in [9.17, 15) is 26.4 Å². The molecule has 0 fully saturated rings. The van der Waals surface area contributed by atoms with Crippen molar-refractivity contribution in [3.05, 3.63) is 71.8 Å². The van der Waals surface area contributed by atoms with E-state index in [-0.39, 0.29) is 12.0 Å². The summed E-state index contributed by atoms with van der Waals surface area (Å²) in [7, 11) is -5.93. The Kier molecular flexibility index (Phi) is 8.19. The molecule has 5 nitrogen and oxygen atoms in total. The van der Waals surface area contributed by atoms with Crippen LogP contribution in [0, 0.1) is 0 Å². The minimum atomic E-state index is -5.93. The van der Waals surface area contributed by atoms with Gasteiger partial charge in [0.1, 0.15) is 12.4 Å². The third-order valence-corrected chi connectivity index (χ3v) is 6.19. The molecular weight excluding hydrogens is 469 g/mol. The number of Topliss-reactive ketones (excluding diaryl/α,β-unsaturated/α-hetero) is 1. The number of unbranched alkanes of at least 4 members (excludes halogenated alkanes) is 3. The molecule has 0 radical (unpaired) electrons. The van der Waals surface area contributed by atoms with Gasteiger partial charge in [0.25, 0.3) is 0 Å². The first-order chi connectivity index (χ1) is 16.1. The van der Waals surface area contributed by atoms with E-state index in [2.05, 4.69) is 4.18 Å². The molecule has 3 aromatic carbocycles. The maximum Gasteiger partial charge on any atom is 0.534 e. The topological polar surface area (TPSA) is 69.7 Å².